The second kappa shape index (κ2) is 17.5. The molecule has 1 aromatic heterocycles. The van der Waals surface area contributed by atoms with E-state index in [1.807, 2.05) is 0 Å². The summed E-state index contributed by atoms with van der Waals surface area (Å²) in [5.74, 6) is -7.75. The van der Waals surface area contributed by atoms with Crippen molar-refractivity contribution in [1.82, 2.24) is 45.5 Å². The van der Waals surface area contributed by atoms with Gasteiger partial charge in [0.15, 0.2) is 5.88 Å². The summed E-state index contributed by atoms with van der Waals surface area (Å²) in [6, 6.07) is -0.296. The molecule has 0 bridgehead atoms. The van der Waals surface area contributed by atoms with Gasteiger partial charge in [-0.15, -0.1) is 16.9 Å². The number of nitrogens with one attached hydrogen (secondary N) is 3. The van der Waals surface area contributed by atoms with E-state index in [2.05, 4.69) is 31.5 Å². The summed E-state index contributed by atoms with van der Waals surface area (Å²) in [6.07, 6.45) is -1.05. The van der Waals surface area contributed by atoms with Crippen LogP contribution < -0.4 is 21.7 Å². The number of hydrogen-bond donors (Lipinski definition) is 7. The fourth-order valence-corrected chi connectivity index (χ4v) is 8.47. The molecule has 2 saturated heterocycles. The number of β-lactam (4-membered cyclic amide) rings is 1. The molecule has 8 N–H and O–H groups in total. The second-order valence-corrected chi connectivity index (χ2v) is 15.6. The van der Waals surface area contributed by atoms with Crippen molar-refractivity contribution < 1.29 is 66.3 Å². The van der Waals surface area contributed by atoms with Crippen LogP contribution in [-0.2, 0) is 49.5 Å². The first-order chi connectivity index (χ1) is 26.9. The molecule has 57 heavy (non-hydrogen) atoms. The van der Waals surface area contributed by atoms with Gasteiger partial charge in [0.05, 0.1) is 0 Å². The first-order valence-corrected chi connectivity index (χ1v) is 20.0. The van der Waals surface area contributed by atoms with Gasteiger partial charge in [-0.25, -0.2) is 19.1 Å². The number of likely N-dealkylation sites (N-methyl/N-ethyl adjacent to an activating group) is 1. The molecule has 0 radical (unpaired) electrons. The van der Waals surface area contributed by atoms with E-state index in [1.54, 1.807) is 6.92 Å². The summed E-state index contributed by atoms with van der Waals surface area (Å²) in [7, 11) is -4.51. The number of piperazine rings is 1. The zero-order valence-electron chi connectivity index (χ0n) is 29.3. The molecular weight excluding hydrogens is 823 g/mol. The number of nitrogens with zero attached hydrogens (tertiary/aromatic N) is 7. The van der Waals surface area contributed by atoms with Crippen molar-refractivity contribution >= 4 is 87.0 Å². The van der Waals surface area contributed by atoms with Crippen LogP contribution in [0.3, 0.4) is 0 Å². The van der Waals surface area contributed by atoms with Crippen LogP contribution in [0.25, 0.3) is 0 Å². The van der Waals surface area contributed by atoms with Crippen LogP contribution in [0.2, 0.25) is 0 Å². The third kappa shape index (κ3) is 9.76. The SMILES string of the molecule is CCN1CCN(C(=O)N[C@@H](C(=O)N[C@@H]2C(=O)N3C(C(=O)O)=C(CSc4nnnn4CS(=O)(=O)O)CS[C@H]23)c2ccc(NC(=O)OC[C@@H](N)C(=O)O)cc2)C(=O)C1=O. The number of ether oxygens (including phenoxy) is 1. The van der Waals surface area contributed by atoms with E-state index < -0.39 is 93.8 Å². The lowest BCUT2D eigenvalue weighted by Gasteiger charge is -2.49. The zero-order chi connectivity index (χ0) is 41.8. The van der Waals surface area contributed by atoms with Gasteiger partial charge in [0.2, 0.25) is 11.1 Å². The normalized spacial score (nSPS) is 19.3. The highest BCUT2D eigenvalue weighted by molar-refractivity contribution is 8.01. The maximum atomic E-state index is 13.9. The molecule has 0 aliphatic carbocycles. The lowest BCUT2D eigenvalue weighted by Crippen LogP contribution is -2.71. The van der Waals surface area contributed by atoms with Gasteiger partial charge < -0.3 is 36.2 Å². The second-order valence-electron chi connectivity index (χ2n) is 12.1. The van der Waals surface area contributed by atoms with E-state index in [0.29, 0.717) is 4.90 Å². The number of hydrogen-bond acceptors (Lipinski definition) is 17. The van der Waals surface area contributed by atoms with Crippen molar-refractivity contribution in [3.63, 3.8) is 0 Å². The van der Waals surface area contributed by atoms with Gasteiger partial charge in [-0.3, -0.25) is 43.6 Å². The third-order valence-corrected chi connectivity index (χ3v) is 11.3. The highest BCUT2D eigenvalue weighted by Gasteiger charge is 2.54. The molecule has 7 amide bonds. The number of amides is 7. The first kappa shape index (κ1) is 42.3. The summed E-state index contributed by atoms with van der Waals surface area (Å²) in [5.41, 5.74) is 5.35. The van der Waals surface area contributed by atoms with Crippen molar-refractivity contribution in [2.45, 2.75) is 41.5 Å². The Morgan fingerprint density at radius 1 is 1.09 bits per heavy atom. The lowest BCUT2D eigenvalue weighted by molar-refractivity contribution is -0.153. The Morgan fingerprint density at radius 2 is 1.79 bits per heavy atom. The number of tetrazole rings is 1. The number of thioether (sulfide) groups is 2. The number of carbonyl (C=O) groups excluding carboxylic acids is 6. The summed E-state index contributed by atoms with van der Waals surface area (Å²) in [6.45, 7) is 1.07. The number of urea groups is 1. The van der Waals surface area contributed by atoms with Crippen molar-refractivity contribution in [2.24, 2.45) is 5.73 Å². The zero-order valence-corrected chi connectivity index (χ0v) is 31.8. The van der Waals surface area contributed by atoms with Gasteiger partial charge in [0, 0.05) is 36.8 Å². The molecule has 4 atom stereocenters. The van der Waals surface area contributed by atoms with Gasteiger partial charge in [-0.1, -0.05) is 23.9 Å². The summed E-state index contributed by atoms with van der Waals surface area (Å²) >= 11 is 1.95. The van der Waals surface area contributed by atoms with Crippen LogP contribution in [0.5, 0.6) is 0 Å². The molecule has 1 aromatic carbocycles. The fourth-order valence-electron chi connectivity index (χ4n) is 5.54. The lowest BCUT2D eigenvalue weighted by atomic mass is 10.0. The number of carbonyl (C=O) groups is 8. The minimum absolute atomic E-state index is 0.0338. The van der Waals surface area contributed by atoms with Crippen LogP contribution in [-0.4, -0.2) is 161 Å². The average Bonchev–Trinajstić information content (AvgIpc) is 3.59. The van der Waals surface area contributed by atoms with Crippen molar-refractivity contribution in [2.75, 3.05) is 43.1 Å². The smallest absolute Gasteiger partial charge is 0.411 e. The molecule has 0 unspecified atom stereocenters. The van der Waals surface area contributed by atoms with E-state index >= 15 is 0 Å². The fraction of sp³-hybridized carbons (Fsp3) is 0.414. The van der Waals surface area contributed by atoms with Crippen molar-refractivity contribution in [1.29, 1.82) is 0 Å². The highest BCUT2D eigenvalue weighted by atomic mass is 32.2. The number of carboxylic acid groups (broad SMARTS) is 2. The minimum atomic E-state index is -4.51. The Hall–Kier alpha value is -5.84. The number of anilines is 1. The number of carboxylic acids is 2. The maximum absolute atomic E-state index is 13.9. The highest BCUT2D eigenvalue weighted by Crippen LogP contribution is 2.41. The largest absolute Gasteiger partial charge is 0.480 e. The number of imide groups is 1. The van der Waals surface area contributed by atoms with E-state index in [-0.39, 0.29) is 58.8 Å². The van der Waals surface area contributed by atoms with Crippen LogP contribution in [0.4, 0.5) is 15.3 Å². The molecule has 3 aliphatic rings. The molecule has 25 nitrogen and oxygen atoms in total. The number of aliphatic carboxylic acids is 2. The minimum Gasteiger partial charge on any atom is -0.480 e. The average molecular weight is 856 g/mol. The number of nitrogens with two attached hydrogens (primary N) is 1. The predicted octanol–water partition coefficient (Wildman–Crippen LogP) is -2.55. The Kier molecular flexibility index (Phi) is 13.0. The van der Waals surface area contributed by atoms with Crippen molar-refractivity contribution in [3.05, 3.63) is 41.1 Å². The number of rotatable bonds is 15. The number of benzene rings is 1. The van der Waals surface area contributed by atoms with Gasteiger partial charge in [-0.2, -0.15) is 8.42 Å². The summed E-state index contributed by atoms with van der Waals surface area (Å²) < 4.78 is 37.3. The molecule has 0 saturated carbocycles. The molecule has 4 heterocycles. The van der Waals surface area contributed by atoms with E-state index in [9.17, 15) is 51.9 Å². The van der Waals surface area contributed by atoms with Crippen LogP contribution in [0.1, 0.15) is 18.5 Å². The monoisotopic (exact) mass is 855 g/mol. The topological polar surface area (TPSA) is 356 Å². The molecule has 3 aliphatic heterocycles. The van der Waals surface area contributed by atoms with Crippen LogP contribution >= 0.6 is 23.5 Å². The van der Waals surface area contributed by atoms with Crippen LogP contribution in [0.15, 0.2) is 40.7 Å². The van der Waals surface area contributed by atoms with E-state index in [4.69, 9.17) is 20.1 Å². The Labute approximate surface area is 329 Å². The molecule has 5 rings (SSSR count). The standard InChI is InChI=1S/C29H33N11O14S3/c1-2-37-7-8-38(23(44)22(37)43)27(49)33-17(13-3-5-15(6-4-13)31-29(50)54-9-16(30)25(45)46)20(41)32-18-21(42)40-19(26(47)48)14(10-55-24(18)40)11-56-28-34-35-36-39(28)12-57(51,52)53/h3-6,16-18,24H,2,7-12,30H2,1H3,(H,31,50)(H,32,41)(H,33,49)(H,45,46)(H,47,48)(H,51,52,53)/t16-,17-,18-,24-/m1/s1. The quantitative estimate of drug-likeness (QED) is 0.0420. The number of fused-ring (bicyclic) bond motifs is 1. The van der Waals surface area contributed by atoms with Crippen molar-refractivity contribution in [3.8, 4) is 0 Å². The molecule has 0 spiro atoms. The molecule has 2 aromatic rings. The molecular formula is C29H33N11O14S3. The Balaban J connectivity index is 1.32. The van der Waals surface area contributed by atoms with E-state index in [0.717, 1.165) is 33.1 Å². The maximum Gasteiger partial charge on any atom is 0.411 e. The third-order valence-electron chi connectivity index (χ3n) is 8.37. The first-order valence-electron chi connectivity index (χ1n) is 16.4. The van der Waals surface area contributed by atoms with Gasteiger partial charge in [-0.05, 0) is 40.6 Å². The molecule has 306 valence electrons. The summed E-state index contributed by atoms with van der Waals surface area (Å²) in [5, 5.41) is 35.7. The van der Waals surface area contributed by atoms with Gasteiger partial charge in [0.1, 0.15) is 35.8 Å². The van der Waals surface area contributed by atoms with Gasteiger partial charge >= 0.3 is 35.9 Å². The van der Waals surface area contributed by atoms with Gasteiger partial charge in [0.25, 0.3) is 16.0 Å². The molecule has 2 fully saturated rings. The summed E-state index contributed by atoms with van der Waals surface area (Å²) in [4.78, 5) is 104. The Morgan fingerprint density at radius 3 is 2.42 bits per heavy atom. The van der Waals surface area contributed by atoms with E-state index in [1.165, 1.54) is 29.2 Å². The Bertz CT molecular complexity index is 2130. The number of aromatic nitrogens is 4. The molecule has 28 heteroatoms. The predicted molar refractivity (Wildman–Crippen MR) is 192 cm³/mol. The van der Waals surface area contributed by atoms with Crippen LogP contribution in [0, 0.1) is 0 Å².